The van der Waals surface area contributed by atoms with Crippen molar-refractivity contribution in [2.24, 2.45) is 0 Å². The molecular formula is C53H92N2O6P+. The van der Waals surface area contributed by atoms with Crippen LogP contribution in [0, 0.1) is 0 Å². The first kappa shape index (κ1) is 59.2. The molecule has 9 heteroatoms. The molecule has 3 atom stereocenters. The Morgan fingerprint density at radius 1 is 0.565 bits per heavy atom. The normalized spacial score (nSPS) is 15.1. The number of amides is 1. The molecule has 0 aliphatic carbocycles. The van der Waals surface area contributed by atoms with Gasteiger partial charge in [0.2, 0.25) is 5.91 Å². The van der Waals surface area contributed by atoms with E-state index in [1.807, 2.05) is 27.2 Å². The van der Waals surface area contributed by atoms with Gasteiger partial charge in [-0.25, -0.2) is 4.57 Å². The van der Waals surface area contributed by atoms with E-state index < -0.39 is 20.0 Å². The van der Waals surface area contributed by atoms with Crippen molar-refractivity contribution in [3.8, 4) is 0 Å². The summed E-state index contributed by atoms with van der Waals surface area (Å²) >= 11 is 0. The first-order chi connectivity index (χ1) is 30.0. The quantitative estimate of drug-likeness (QED) is 0.0244. The van der Waals surface area contributed by atoms with Gasteiger partial charge in [-0.1, -0.05) is 181 Å². The topological polar surface area (TPSA) is 105 Å². The minimum absolute atomic E-state index is 0.0467. The van der Waals surface area contributed by atoms with Gasteiger partial charge in [-0.05, 0) is 89.9 Å². The Bertz CT molecular complexity index is 1370. The highest BCUT2D eigenvalue weighted by Crippen LogP contribution is 2.43. The standard InChI is InChI=1S/C53H91N2O6P/c1-6-8-10-12-14-16-18-19-20-21-22-23-24-25-26-27-28-29-30-31-32-33-34-35-37-39-41-43-45-47-53(57)54-51(50-61-62(58,59)60-49-48-55(3,4)5)52(56)46-44-42-40-38-36-17-15-13-11-9-7-2/h8,10-11,13-14,16,19-20,22-23,25-26,28-29,36,38,44,46,51-52,56H,6-7,9,12,15,17-18,21,24,27,30-35,37,39-43,45,47-50H2,1-5H3,(H-,54,57,58,59)/p+1/b10-8-,13-11+,16-14-,20-19-,23-22-,26-25-,29-28-,38-36+,46-44+. The lowest BCUT2D eigenvalue weighted by molar-refractivity contribution is -0.870. The Morgan fingerprint density at radius 3 is 1.47 bits per heavy atom. The van der Waals surface area contributed by atoms with Gasteiger partial charge in [0.15, 0.2) is 0 Å². The average molecular weight is 884 g/mol. The number of aliphatic hydroxyl groups is 1. The second kappa shape index (κ2) is 43.4. The maximum atomic E-state index is 12.9. The molecule has 0 aromatic rings. The number of carbonyl (C=O) groups is 1. The van der Waals surface area contributed by atoms with E-state index in [0.717, 1.165) is 96.3 Å². The lowest BCUT2D eigenvalue weighted by atomic mass is 10.0. The summed E-state index contributed by atoms with van der Waals surface area (Å²) in [6, 6.07) is -0.878. The Hall–Kier alpha value is -2.84. The van der Waals surface area contributed by atoms with Crippen LogP contribution < -0.4 is 5.32 Å². The molecule has 0 radical (unpaired) electrons. The summed E-state index contributed by atoms with van der Waals surface area (Å²) in [5, 5.41) is 13.8. The van der Waals surface area contributed by atoms with E-state index in [0.29, 0.717) is 17.4 Å². The fourth-order valence-electron chi connectivity index (χ4n) is 6.14. The molecule has 1 amide bonds. The van der Waals surface area contributed by atoms with E-state index in [4.69, 9.17) is 9.05 Å². The van der Waals surface area contributed by atoms with E-state index in [-0.39, 0.29) is 19.1 Å². The van der Waals surface area contributed by atoms with Crippen molar-refractivity contribution in [2.75, 3.05) is 40.9 Å². The van der Waals surface area contributed by atoms with Crippen molar-refractivity contribution in [3.05, 3.63) is 109 Å². The van der Waals surface area contributed by atoms with Crippen LogP contribution in [0.3, 0.4) is 0 Å². The van der Waals surface area contributed by atoms with Crippen LogP contribution in [0.25, 0.3) is 0 Å². The summed E-state index contributed by atoms with van der Waals surface area (Å²) in [6.45, 7) is 4.56. The molecule has 0 aliphatic rings. The molecular weight excluding hydrogens is 792 g/mol. The number of likely N-dealkylation sites (N-methyl/N-ethyl adjacent to an activating group) is 1. The molecule has 0 spiro atoms. The summed E-state index contributed by atoms with van der Waals surface area (Å²) < 4.78 is 23.5. The Labute approximate surface area is 381 Å². The maximum Gasteiger partial charge on any atom is 0.472 e. The first-order valence-electron chi connectivity index (χ1n) is 24.3. The zero-order chi connectivity index (χ0) is 45.7. The van der Waals surface area contributed by atoms with Gasteiger partial charge in [-0.3, -0.25) is 13.8 Å². The van der Waals surface area contributed by atoms with Crippen LogP contribution in [-0.4, -0.2) is 73.4 Å². The summed E-state index contributed by atoms with van der Waals surface area (Å²) in [5.41, 5.74) is 0. The zero-order valence-electron chi connectivity index (χ0n) is 40.1. The van der Waals surface area contributed by atoms with Gasteiger partial charge in [-0.2, -0.15) is 0 Å². The number of carbonyl (C=O) groups excluding carboxylic acids is 1. The number of nitrogens with one attached hydrogen (secondary N) is 1. The number of aliphatic hydroxyl groups excluding tert-OH is 1. The Morgan fingerprint density at radius 2 is 0.984 bits per heavy atom. The number of hydrogen-bond acceptors (Lipinski definition) is 5. The fraction of sp³-hybridized carbons (Fsp3) is 0.642. The first-order valence-corrected chi connectivity index (χ1v) is 25.8. The van der Waals surface area contributed by atoms with Crippen molar-refractivity contribution in [2.45, 2.75) is 180 Å². The van der Waals surface area contributed by atoms with E-state index in [1.165, 1.54) is 51.4 Å². The van der Waals surface area contributed by atoms with Gasteiger partial charge < -0.3 is 19.8 Å². The molecule has 0 fully saturated rings. The van der Waals surface area contributed by atoms with Crippen LogP contribution in [-0.2, 0) is 18.4 Å². The second-order valence-electron chi connectivity index (χ2n) is 17.1. The summed E-state index contributed by atoms with van der Waals surface area (Å²) in [7, 11) is 1.52. The molecule has 3 unspecified atom stereocenters. The molecule has 0 aromatic heterocycles. The number of nitrogens with zero attached hydrogens (tertiary/aromatic N) is 1. The lowest BCUT2D eigenvalue weighted by Gasteiger charge is -2.25. The molecule has 8 nitrogen and oxygen atoms in total. The largest absolute Gasteiger partial charge is 0.472 e. The average Bonchev–Trinajstić information content (AvgIpc) is 3.23. The van der Waals surface area contributed by atoms with Gasteiger partial charge in [0.25, 0.3) is 0 Å². The molecule has 3 N–H and O–H groups in total. The number of phosphoric acid groups is 1. The number of quaternary nitrogens is 1. The molecule has 354 valence electrons. The monoisotopic (exact) mass is 884 g/mol. The third kappa shape index (κ3) is 45.2. The molecule has 0 aliphatic heterocycles. The third-order valence-electron chi connectivity index (χ3n) is 9.94. The predicted octanol–water partition coefficient (Wildman–Crippen LogP) is 14.1. The van der Waals surface area contributed by atoms with Crippen molar-refractivity contribution < 1.29 is 32.9 Å². The number of unbranched alkanes of at least 4 members (excludes halogenated alkanes) is 13. The molecule has 0 saturated heterocycles. The van der Waals surface area contributed by atoms with E-state index >= 15 is 0 Å². The second-order valence-corrected chi connectivity index (χ2v) is 18.5. The van der Waals surface area contributed by atoms with E-state index in [1.54, 1.807) is 6.08 Å². The summed E-state index contributed by atoms with van der Waals surface area (Å²) in [5.74, 6) is -0.204. The Kier molecular flexibility index (Phi) is 41.4. The van der Waals surface area contributed by atoms with Crippen LogP contribution in [0.2, 0.25) is 0 Å². The van der Waals surface area contributed by atoms with Gasteiger partial charge >= 0.3 is 7.82 Å². The summed E-state index contributed by atoms with van der Waals surface area (Å²) in [4.78, 5) is 23.1. The van der Waals surface area contributed by atoms with Crippen molar-refractivity contribution in [3.63, 3.8) is 0 Å². The number of allylic oxidation sites excluding steroid dienone is 17. The highest BCUT2D eigenvalue weighted by molar-refractivity contribution is 7.47. The van der Waals surface area contributed by atoms with Crippen LogP contribution in [0.4, 0.5) is 0 Å². The molecule has 0 aromatic carbocycles. The van der Waals surface area contributed by atoms with Crippen molar-refractivity contribution >= 4 is 13.7 Å². The number of rotatable bonds is 42. The van der Waals surface area contributed by atoms with E-state index in [9.17, 15) is 19.4 Å². The predicted molar refractivity (Wildman–Crippen MR) is 267 cm³/mol. The van der Waals surface area contributed by atoms with Gasteiger partial charge in [0, 0.05) is 6.42 Å². The van der Waals surface area contributed by atoms with Crippen LogP contribution >= 0.6 is 7.82 Å². The SMILES string of the molecule is CC/C=C\C/C=C\C/C=C\C/C=C\C/C=C\C/C=C\CCCCCCCCCCCCC(=O)NC(COP(=O)(O)OCC[N+](C)(C)C)C(O)/C=C/CC/C=C/CC/C=C/CCC. The van der Waals surface area contributed by atoms with Crippen LogP contribution in [0.1, 0.15) is 168 Å². The summed E-state index contributed by atoms with van der Waals surface area (Å²) in [6.07, 6.45) is 63.2. The Balaban J connectivity index is 4.24. The smallest absolute Gasteiger partial charge is 0.387 e. The maximum absolute atomic E-state index is 12.9. The van der Waals surface area contributed by atoms with E-state index in [2.05, 4.69) is 116 Å². The van der Waals surface area contributed by atoms with Gasteiger partial charge in [0.1, 0.15) is 13.2 Å². The molecule has 62 heavy (non-hydrogen) atoms. The number of hydrogen-bond donors (Lipinski definition) is 3. The molecule has 0 heterocycles. The highest BCUT2D eigenvalue weighted by atomic mass is 31.2. The van der Waals surface area contributed by atoms with Crippen molar-refractivity contribution in [1.82, 2.24) is 5.32 Å². The third-order valence-corrected chi connectivity index (χ3v) is 10.9. The lowest BCUT2D eigenvalue weighted by Crippen LogP contribution is -2.45. The highest BCUT2D eigenvalue weighted by Gasteiger charge is 2.27. The zero-order valence-corrected chi connectivity index (χ0v) is 41.0. The minimum Gasteiger partial charge on any atom is -0.387 e. The van der Waals surface area contributed by atoms with Gasteiger partial charge in [0.05, 0.1) is 39.9 Å². The molecule has 0 rings (SSSR count). The van der Waals surface area contributed by atoms with Crippen molar-refractivity contribution in [1.29, 1.82) is 0 Å². The molecule has 0 saturated carbocycles. The van der Waals surface area contributed by atoms with Crippen LogP contribution in [0.5, 0.6) is 0 Å². The van der Waals surface area contributed by atoms with Gasteiger partial charge in [-0.15, -0.1) is 0 Å². The number of phosphoric ester groups is 1. The van der Waals surface area contributed by atoms with Crippen LogP contribution in [0.15, 0.2) is 109 Å². The minimum atomic E-state index is -4.36. The fourth-order valence-corrected chi connectivity index (χ4v) is 6.88. The molecule has 0 bridgehead atoms.